The summed E-state index contributed by atoms with van der Waals surface area (Å²) in [6.45, 7) is 3.07. The van der Waals surface area contributed by atoms with Gasteiger partial charge in [-0.2, -0.15) is 5.26 Å². The van der Waals surface area contributed by atoms with Gasteiger partial charge < -0.3 is 5.32 Å². The van der Waals surface area contributed by atoms with Crippen LogP contribution in [-0.2, 0) is 0 Å². The number of hydrogen-bond donors (Lipinski definition) is 1. The summed E-state index contributed by atoms with van der Waals surface area (Å²) in [5.41, 5.74) is -3.05. The van der Waals surface area contributed by atoms with Crippen molar-refractivity contribution in [3.63, 3.8) is 0 Å². The van der Waals surface area contributed by atoms with Crippen molar-refractivity contribution in [2.75, 3.05) is 0 Å². The fourth-order valence-corrected chi connectivity index (χ4v) is 1.70. The van der Waals surface area contributed by atoms with E-state index in [-0.39, 0.29) is 12.8 Å². The van der Waals surface area contributed by atoms with Gasteiger partial charge in [0.2, 0.25) is 5.82 Å². The van der Waals surface area contributed by atoms with E-state index in [4.69, 9.17) is 5.26 Å². The number of carbonyl (C=O) groups is 1. The molecule has 0 spiro atoms. The first-order valence-corrected chi connectivity index (χ1v) is 5.99. The molecule has 0 aliphatic carbocycles. The number of amides is 1. The fourth-order valence-electron chi connectivity index (χ4n) is 1.70. The minimum absolute atomic E-state index is 0.0984. The standard InChI is InChI=1S/C13H11F5N2O/c1-3-13(4-2,5-19)20-12(21)6-7(14)9(16)11(18)10(17)8(6)15/h3-4H2,1-2H3,(H,20,21). The summed E-state index contributed by atoms with van der Waals surface area (Å²) in [5.74, 6) is -12.8. The van der Waals surface area contributed by atoms with E-state index in [0.717, 1.165) is 0 Å². The van der Waals surface area contributed by atoms with Crippen LogP contribution < -0.4 is 5.32 Å². The van der Waals surface area contributed by atoms with Gasteiger partial charge in [0.25, 0.3) is 5.91 Å². The van der Waals surface area contributed by atoms with Gasteiger partial charge >= 0.3 is 0 Å². The van der Waals surface area contributed by atoms with Crippen molar-refractivity contribution in [1.82, 2.24) is 5.32 Å². The molecule has 1 rings (SSSR count). The SMILES string of the molecule is CCC(C#N)(CC)NC(=O)c1c(F)c(F)c(F)c(F)c1F. The molecule has 3 nitrogen and oxygen atoms in total. The molecule has 0 aliphatic heterocycles. The number of rotatable bonds is 4. The molecule has 0 aliphatic rings. The quantitative estimate of drug-likeness (QED) is 0.527. The molecule has 21 heavy (non-hydrogen) atoms. The van der Waals surface area contributed by atoms with Crippen LogP contribution in [0, 0.1) is 40.4 Å². The Labute approximate surface area is 117 Å². The average Bonchev–Trinajstić information content (AvgIpc) is 2.49. The summed E-state index contributed by atoms with van der Waals surface area (Å²) in [6, 6.07) is 1.76. The average molecular weight is 306 g/mol. The van der Waals surface area contributed by atoms with Gasteiger partial charge in [-0.3, -0.25) is 4.79 Å². The third kappa shape index (κ3) is 2.82. The molecule has 0 unspecified atom stereocenters. The Morgan fingerprint density at radius 1 is 1.00 bits per heavy atom. The molecule has 1 amide bonds. The molecule has 1 N–H and O–H groups in total. The lowest BCUT2D eigenvalue weighted by molar-refractivity contribution is 0.0903. The first kappa shape index (κ1) is 16.9. The molecule has 0 aromatic heterocycles. The third-order valence-electron chi connectivity index (χ3n) is 3.21. The van der Waals surface area contributed by atoms with Crippen LogP contribution >= 0.6 is 0 Å². The molecule has 0 saturated carbocycles. The molecule has 0 radical (unpaired) electrons. The van der Waals surface area contributed by atoms with Gasteiger partial charge in [0.05, 0.1) is 6.07 Å². The van der Waals surface area contributed by atoms with E-state index in [1.807, 2.05) is 5.32 Å². The van der Waals surface area contributed by atoms with E-state index in [9.17, 15) is 26.7 Å². The summed E-state index contributed by atoms with van der Waals surface area (Å²) in [6.07, 6.45) is 0.197. The van der Waals surface area contributed by atoms with Crippen molar-refractivity contribution < 1.29 is 26.7 Å². The van der Waals surface area contributed by atoms with Gasteiger partial charge in [-0.15, -0.1) is 0 Å². The van der Waals surface area contributed by atoms with E-state index in [0.29, 0.717) is 0 Å². The second-order valence-electron chi connectivity index (χ2n) is 4.30. The predicted molar refractivity (Wildman–Crippen MR) is 62.6 cm³/mol. The lowest BCUT2D eigenvalue weighted by atomic mass is 9.94. The maximum absolute atomic E-state index is 13.5. The maximum atomic E-state index is 13.5. The van der Waals surface area contributed by atoms with Crippen molar-refractivity contribution in [2.24, 2.45) is 0 Å². The van der Waals surface area contributed by atoms with E-state index >= 15 is 0 Å². The minimum atomic E-state index is -2.35. The highest BCUT2D eigenvalue weighted by atomic mass is 19.2. The number of nitriles is 1. The monoisotopic (exact) mass is 306 g/mol. The molecule has 114 valence electrons. The summed E-state index contributed by atoms with van der Waals surface area (Å²) >= 11 is 0. The van der Waals surface area contributed by atoms with Crippen LogP contribution in [0.3, 0.4) is 0 Å². The number of hydrogen-bond acceptors (Lipinski definition) is 2. The summed E-state index contributed by atoms with van der Waals surface area (Å²) in [5, 5.41) is 11.0. The van der Waals surface area contributed by atoms with Crippen molar-refractivity contribution in [1.29, 1.82) is 5.26 Å². The molecule has 0 saturated heterocycles. The maximum Gasteiger partial charge on any atom is 0.258 e. The van der Waals surface area contributed by atoms with Gasteiger partial charge in [-0.1, -0.05) is 13.8 Å². The normalized spacial score (nSPS) is 11.1. The molecule has 1 aromatic carbocycles. The molecular weight excluding hydrogens is 295 g/mol. The topological polar surface area (TPSA) is 52.9 Å². The minimum Gasteiger partial charge on any atom is -0.334 e. The predicted octanol–water partition coefficient (Wildman–Crippen LogP) is 3.19. The molecule has 8 heteroatoms. The van der Waals surface area contributed by atoms with Crippen molar-refractivity contribution in [2.45, 2.75) is 32.2 Å². The molecular formula is C13H11F5N2O. The highest BCUT2D eigenvalue weighted by Crippen LogP contribution is 2.24. The zero-order valence-corrected chi connectivity index (χ0v) is 11.2. The van der Waals surface area contributed by atoms with Crippen LogP contribution in [0.25, 0.3) is 0 Å². The van der Waals surface area contributed by atoms with Crippen LogP contribution in [-0.4, -0.2) is 11.4 Å². The number of nitrogens with one attached hydrogen (secondary N) is 1. The number of halogens is 5. The Balaban J connectivity index is 3.37. The van der Waals surface area contributed by atoms with Crippen LogP contribution in [0.1, 0.15) is 37.0 Å². The summed E-state index contributed by atoms with van der Waals surface area (Å²) < 4.78 is 65.9. The Kier molecular flexibility index (Phi) is 4.88. The first-order valence-electron chi connectivity index (χ1n) is 5.99. The molecule has 0 atom stereocenters. The van der Waals surface area contributed by atoms with Gasteiger partial charge in [0.15, 0.2) is 23.3 Å². The lowest BCUT2D eigenvalue weighted by Crippen LogP contribution is -2.47. The molecule has 0 fully saturated rings. The van der Waals surface area contributed by atoms with Crippen molar-refractivity contribution >= 4 is 5.91 Å². The first-order chi connectivity index (χ1) is 9.74. The van der Waals surface area contributed by atoms with Crippen LogP contribution in [0.4, 0.5) is 22.0 Å². The highest BCUT2D eigenvalue weighted by molar-refractivity contribution is 5.95. The van der Waals surface area contributed by atoms with Crippen molar-refractivity contribution in [3.8, 4) is 6.07 Å². The molecule has 1 aromatic rings. The smallest absolute Gasteiger partial charge is 0.258 e. The van der Waals surface area contributed by atoms with E-state index in [1.54, 1.807) is 6.07 Å². The Hall–Kier alpha value is -2.17. The summed E-state index contributed by atoms with van der Waals surface area (Å²) in [7, 11) is 0. The van der Waals surface area contributed by atoms with E-state index < -0.39 is 46.1 Å². The van der Waals surface area contributed by atoms with Crippen molar-refractivity contribution in [3.05, 3.63) is 34.6 Å². The largest absolute Gasteiger partial charge is 0.334 e. The van der Waals surface area contributed by atoms with E-state index in [2.05, 4.69) is 0 Å². The number of nitrogens with zero attached hydrogens (tertiary/aromatic N) is 1. The van der Waals surface area contributed by atoms with Crippen LogP contribution in [0.2, 0.25) is 0 Å². The third-order valence-corrected chi connectivity index (χ3v) is 3.21. The zero-order valence-electron chi connectivity index (χ0n) is 11.2. The summed E-state index contributed by atoms with van der Waals surface area (Å²) in [4.78, 5) is 11.8. The van der Waals surface area contributed by atoms with E-state index in [1.165, 1.54) is 13.8 Å². The molecule has 0 heterocycles. The highest BCUT2D eigenvalue weighted by Gasteiger charge is 2.34. The Morgan fingerprint density at radius 2 is 1.38 bits per heavy atom. The van der Waals surface area contributed by atoms with Gasteiger partial charge in [-0.05, 0) is 12.8 Å². The van der Waals surface area contributed by atoms with Gasteiger partial charge in [0, 0.05) is 0 Å². The second-order valence-corrected chi connectivity index (χ2v) is 4.30. The van der Waals surface area contributed by atoms with Gasteiger partial charge in [-0.25, -0.2) is 22.0 Å². The molecule has 0 bridgehead atoms. The Morgan fingerprint density at radius 3 is 1.71 bits per heavy atom. The zero-order chi connectivity index (χ0) is 16.4. The number of carbonyl (C=O) groups excluding carboxylic acids is 1. The van der Waals surface area contributed by atoms with Crippen LogP contribution in [0.5, 0.6) is 0 Å². The Bertz CT molecular complexity index is 591. The second kappa shape index (κ2) is 6.08. The number of benzene rings is 1. The van der Waals surface area contributed by atoms with Gasteiger partial charge in [0.1, 0.15) is 11.1 Å². The fraction of sp³-hybridized carbons (Fsp3) is 0.385. The lowest BCUT2D eigenvalue weighted by Gasteiger charge is -2.25. The van der Waals surface area contributed by atoms with Crippen LogP contribution in [0.15, 0.2) is 0 Å².